The third-order valence-corrected chi connectivity index (χ3v) is 7.99. The number of likely N-dealkylation sites (tertiary alicyclic amines) is 1. The van der Waals surface area contributed by atoms with Crippen molar-refractivity contribution < 1.29 is 9.13 Å². The predicted molar refractivity (Wildman–Crippen MR) is 120 cm³/mol. The molecular formula is C26H30FN3O. The molecule has 1 unspecified atom stereocenters. The van der Waals surface area contributed by atoms with E-state index in [4.69, 9.17) is 9.73 Å². The molecule has 3 aliphatic heterocycles. The fourth-order valence-corrected chi connectivity index (χ4v) is 6.26. The fourth-order valence-electron chi connectivity index (χ4n) is 6.26. The van der Waals surface area contributed by atoms with E-state index in [1.807, 2.05) is 12.1 Å². The summed E-state index contributed by atoms with van der Waals surface area (Å²) in [5.74, 6) is 0.530. The van der Waals surface area contributed by atoms with Crippen LogP contribution in [0.15, 0.2) is 53.5 Å². The number of aliphatic imine (C=N–C) groups is 1. The molecule has 0 amide bonds. The number of amidine groups is 1. The van der Waals surface area contributed by atoms with Gasteiger partial charge in [-0.25, -0.2) is 9.38 Å². The Labute approximate surface area is 183 Å². The van der Waals surface area contributed by atoms with Crippen molar-refractivity contribution in [3.8, 4) is 0 Å². The maximum Gasteiger partial charge on any atom is 0.288 e. The molecular weight excluding hydrogens is 389 g/mol. The number of halogens is 1. The van der Waals surface area contributed by atoms with Gasteiger partial charge < -0.3 is 9.64 Å². The molecule has 0 bridgehead atoms. The van der Waals surface area contributed by atoms with E-state index in [2.05, 4.69) is 41.1 Å². The van der Waals surface area contributed by atoms with Gasteiger partial charge in [0.25, 0.3) is 6.02 Å². The molecule has 1 spiro atoms. The highest BCUT2D eigenvalue weighted by molar-refractivity contribution is 5.78. The summed E-state index contributed by atoms with van der Waals surface area (Å²) >= 11 is 0. The Morgan fingerprint density at radius 1 is 1.06 bits per heavy atom. The summed E-state index contributed by atoms with van der Waals surface area (Å²) in [5, 5.41) is 0. The molecule has 5 heteroatoms. The van der Waals surface area contributed by atoms with Crippen LogP contribution in [0, 0.1) is 11.7 Å². The monoisotopic (exact) mass is 419 g/mol. The Bertz CT molecular complexity index is 1000. The van der Waals surface area contributed by atoms with Gasteiger partial charge in [-0.05, 0) is 61.1 Å². The van der Waals surface area contributed by atoms with Crippen LogP contribution in [0.25, 0.3) is 0 Å². The van der Waals surface area contributed by atoms with Crippen molar-refractivity contribution in [2.24, 2.45) is 10.9 Å². The molecule has 4 aliphatic rings. The molecule has 0 N–H and O–H groups in total. The summed E-state index contributed by atoms with van der Waals surface area (Å²) in [6.45, 7) is 2.69. The van der Waals surface area contributed by atoms with Gasteiger partial charge in [0.1, 0.15) is 11.4 Å². The van der Waals surface area contributed by atoms with Gasteiger partial charge in [0.2, 0.25) is 0 Å². The van der Waals surface area contributed by atoms with E-state index < -0.39 is 0 Å². The van der Waals surface area contributed by atoms with E-state index in [0.29, 0.717) is 6.04 Å². The lowest BCUT2D eigenvalue weighted by Crippen LogP contribution is -2.53. The predicted octanol–water partition coefficient (Wildman–Crippen LogP) is 4.40. The van der Waals surface area contributed by atoms with Gasteiger partial charge in [-0.1, -0.05) is 42.8 Å². The minimum absolute atomic E-state index is 0.000681. The van der Waals surface area contributed by atoms with Crippen molar-refractivity contribution in [3.63, 3.8) is 0 Å². The zero-order valence-electron chi connectivity index (χ0n) is 18.1. The summed E-state index contributed by atoms with van der Waals surface area (Å²) in [4.78, 5) is 9.83. The molecule has 3 atom stereocenters. The zero-order chi connectivity index (χ0) is 21.0. The van der Waals surface area contributed by atoms with Gasteiger partial charge in [-0.2, -0.15) is 0 Å². The lowest BCUT2D eigenvalue weighted by molar-refractivity contribution is -0.0113. The molecule has 2 aromatic rings. The highest BCUT2D eigenvalue weighted by Gasteiger charge is 2.56. The zero-order valence-corrected chi connectivity index (χ0v) is 18.1. The van der Waals surface area contributed by atoms with Gasteiger partial charge in [-0.3, -0.25) is 4.90 Å². The number of ether oxygens (including phenoxy) is 1. The molecule has 2 fully saturated rings. The van der Waals surface area contributed by atoms with Crippen molar-refractivity contribution in [2.75, 3.05) is 26.7 Å². The lowest BCUT2D eigenvalue weighted by atomic mass is 9.73. The molecule has 2 aromatic carbocycles. The van der Waals surface area contributed by atoms with E-state index in [0.717, 1.165) is 50.0 Å². The Hall–Kier alpha value is -2.40. The number of fused-ring (bicyclic) bond motifs is 1. The smallest absolute Gasteiger partial charge is 0.288 e. The van der Waals surface area contributed by atoms with E-state index in [9.17, 15) is 4.39 Å². The maximum absolute atomic E-state index is 13.7. The minimum Gasteiger partial charge on any atom is -0.455 e. The number of hydrogen-bond acceptors (Lipinski definition) is 4. The number of benzene rings is 2. The Balaban J connectivity index is 1.34. The molecule has 6 rings (SSSR count). The fraction of sp³-hybridized carbons (Fsp3) is 0.500. The second-order valence-corrected chi connectivity index (χ2v) is 9.73. The average molecular weight is 420 g/mol. The summed E-state index contributed by atoms with van der Waals surface area (Å²) in [5.41, 5.74) is 3.53. The first kappa shape index (κ1) is 19.3. The van der Waals surface area contributed by atoms with E-state index >= 15 is 0 Å². The Kier molecular flexibility index (Phi) is 4.57. The van der Waals surface area contributed by atoms with Gasteiger partial charge in [0.15, 0.2) is 0 Å². The van der Waals surface area contributed by atoms with Crippen LogP contribution in [0.4, 0.5) is 4.39 Å². The largest absolute Gasteiger partial charge is 0.455 e. The van der Waals surface area contributed by atoms with Crippen LogP contribution in [-0.2, 0) is 11.2 Å². The Morgan fingerprint density at radius 3 is 2.65 bits per heavy atom. The number of likely N-dealkylation sites (N-methyl/N-ethyl adjacent to an activating group) is 1. The van der Waals surface area contributed by atoms with Crippen LogP contribution >= 0.6 is 0 Å². The average Bonchev–Trinajstić information content (AvgIpc) is 3.32. The molecule has 1 saturated heterocycles. The second-order valence-electron chi connectivity index (χ2n) is 9.73. The first-order valence-electron chi connectivity index (χ1n) is 11.7. The quantitative estimate of drug-likeness (QED) is 0.722. The van der Waals surface area contributed by atoms with Crippen molar-refractivity contribution in [1.82, 2.24) is 9.80 Å². The minimum atomic E-state index is -0.204. The topological polar surface area (TPSA) is 28.1 Å². The van der Waals surface area contributed by atoms with Gasteiger partial charge >= 0.3 is 0 Å². The third kappa shape index (κ3) is 3.08. The molecule has 0 radical (unpaired) electrons. The third-order valence-electron chi connectivity index (χ3n) is 7.99. The normalized spacial score (nSPS) is 30.8. The summed E-state index contributed by atoms with van der Waals surface area (Å²) in [6.07, 6.45) is 5.97. The van der Waals surface area contributed by atoms with Gasteiger partial charge in [0.05, 0.1) is 18.6 Å². The van der Waals surface area contributed by atoms with Crippen LogP contribution in [-0.4, -0.2) is 54.1 Å². The second kappa shape index (κ2) is 7.33. The lowest BCUT2D eigenvalue weighted by Gasteiger charge is -2.44. The summed E-state index contributed by atoms with van der Waals surface area (Å²) < 4.78 is 20.5. The van der Waals surface area contributed by atoms with Crippen LogP contribution in [0.3, 0.4) is 0 Å². The number of nitrogens with zero attached hydrogens (tertiary/aromatic N) is 3. The summed E-state index contributed by atoms with van der Waals surface area (Å²) in [7, 11) is 2.25. The van der Waals surface area contributed by atoms with E-state index in [1.165, 1.54) is 30.4 Å². The van der Waals surface area contributed by atoms with Crippen LogP contribution in [0.2, 0.25) is 0 Å². The highest BCUT2D eigenvalue weighted by atomic mass is 19.1. The van der Waals surface area contributed by atoms with Crippen LogP contribution in [0.5, 0.6) is 0 Å². The van der Waals surface area contributed by atoms with Crippen molar-refractivity contribution in [1.29, 1.82) is 0 Å². The van der Waals surface area contributed by atoms with Crippen LogP contribution < -0.4 is 0 Å². The molecule has 1 saturated carbocycles. The first-order chi connectivity index (χ1) is 15.1. The highest BCUT2D eigenvalue weighted by Crippen LogP contribution is 2.46. The molecule has 162 valence electrons. The molecule has 0 aromatic heterocycles. The van der Waals surface area contributed by atoms with Crippen molar-refractivity contribution in [3.05, 3.63) is 71.0 Å². The molecule has 3 heterocycles. The van der Waals surface area contributed by atoms with E-state index in [-0.39, 0.29) is 17.5 Å². The molecule has 31 heavy (non-hydrogen) atoms. The van der Waals surface area contributed by atoms with Gasteiger partial charge in [0, 0.05) is 19.5 Å². The maximum atomic E-state index is 13.7. The SMILES string of the molecule is CN1CC[C@@]2(CN=C(N3CCc4ccccc4[C@@H]3c3ccc(F)cc3)O2)C1C1CCC1. The standard InChI is InChI=1S/C26H30FN3O/c1-29-16-14-26(24(29)20-6-4-7-20)17-28-25(31-26)30-15-13-18-5-2-3-8-22(18)23(30)19-9-11-21(27)12-10-19/h2-3,5,8-12,20,23-24H,4,6-7,13-17H2,1H3/t23-,24?,26+/m0/s1. The number of hydrogen-bond donors (Lipinski definition) is 0. The summed E-state index contributed by atoms with van der Waals surface area (Å²) in [6, 6.07) is 16.8. The Morgan fingerprint density at radius 2 is 1.87 bits per heavy atom. The van der Waals surface area contributed by atoms with Crippen molar-refractivity contribution in [2.45, 2.75) is 49.8 Å². The van der Waals surface area contributed by atoms with Crippen molar-refractivity contribution >= 4 is 6.02 Å². The van der Waals surface area contributed by atoms with Crippen LogP contribution in [0.1, 0.15) is 48.4 Å². The van der Waals surface area contributed by atoms with E-state index in [1.54, 1.807) is 12.1 Å². The van der Waals surface area contributed by atoms with Gasteiger partial charge in [-0.15, -0.1) is 0 Å². The molecule has 1 aliphatic carbocycles. The first-order valence-corrected chi connectivity index (χ1v) is 11.7. The number of rotatable bonds is 2. The molecule has 4 nitrogen and oxygen atoms in total.